The van der Waals surface area contributed by atoms with Gasteiger partial charge in [0, 0.05) is 12.6 Å². The van der Waals surface area contributed by atoms with E-state index in [4.69, 9.17) is 0 Å². The molecule has 0 aliphatic heterocycles. The van der Waals surface area contributed by atoms with E-state index in [0.717, 1.165) is 17.5 Å². The molecule has 2 aromatic rings. The summed E-state index contributed by atoms with van der Waals surface area (Å²) in [5.74, 6) is 0. The fourth-order valence-electron chi connectivity index (χ4n) is 2.42. The van der Waals surface area contributed by atoms with E-state index in [0.29, 0.717) is 5.56 Å². The van der Waals surface area contributed by atoms with Gasteiger partial charge in [-0.2, -0.15) is 5.10 Å². The van der Waals surface area contributed by atoms with Crippen molar-refractivity contribution in [2.24, 2.45) is 7.05 Å². The second kappa shape index (κ2) is 4.41. The molecule has 0 saturated carbocycles. The van der Waals surface area contributed by atoms with Crippen LogP contribution in [-0.2, 0) is 7.05 Å². The van der Waals surface area contributed by atoms with Crippen molar-refractivity contribution in [3.8, 4) is 11.3 Å². The molecule has 0 spiro atoms. The van der Waals surface area contributed by atoms with E-state index in [9.17, 15) is 4.79 Å². The summed E-state index contributed by atoms with van der Waals surface area (Å²) in [7, 11) is 1.87. The van der Waals surface area contributed by atoms with E-state index < -0.39 is 0 Å². The first kappa shape index (κ1) is 12.6. The van der Waals surface area contributed by atoms with Gasteiger partial charge in [0.25, 0.3) is 0 Å². The van der Waals surface area contributed by atoms with Crippen LogP contribution in [0, 0.1) is 27.7 Å². The smallest absolute Gasteiger partial charge is 0.153 e. The zero-order chi connectivity index (χ0) is 13.4. The van der Waals surface area contributed by atoms with Crippen LogP contribution in [0.5, 0.6) is 0 Å². The van der Waals surface area contributed by atoms with E-state index >= 15 is 0 Å². The average molecular weight is 242 g/mol. The Kier molecular flexibility index (Phi) is 3.07. The zero-order valence-electron chi connectivity index (χ0n) is 11.5. The van der Waals surface area contributed by atoms with Crippen molar-refractivity contribution in [2.75, 3.05) is 0 Å². The Morgan fingerprint density at radius 2 is 1.67 bits per heavy atom. The maximum atomic E-state index is 11.2. The molecule has 0 aliphatic carbocycles. The Morgan fingerprint density at radius 1 is 1.11 bits per heavy atom. The van der Waals surface area contributed by atoms with Gasteiger partial charge in [0.15, 0.2) is 6.29 Å². The third kappa shape index (κ3) is 1.76. The number of aromatic nitrogens is 2. The highest BCUT2D eigenvalue weighted by atomic mass is 16.1. The fourth-order valence-corrected chi connectivity index (χ4v) is 2.42. The average Bonchev–Trinajstić information content (AvgIpc) is 2.69. The first-order valence-electron chi connectivity index (χ1n) is 6.02. The topological polar surface area (TPSA) is 34.9 Å². The van der Waals surface area contributed by atoms with Crippen molar-refractivity contribution in [2.45, 2.75) is 27.7 Å². The maximum Gasteiger partial charge on any atom is 0.153 e. The zero-order valence-corrected chi connectivity index (χ0v) is 11.5. The Morgan fingerprint density at radius 3 is 2.17 bits per heavy atom. The molecule has 94 valence electrons. The minimum Gasteiger partial charge on any atom is -0.298 e. The molecule has 1 aromatic carbocycles. The second-order valence-corrected chi connectivity index (χ2v) is 4.83. The molecule has 2 rings (SSSR count). The van der Waals surface area contributed by atoms with Gasteiger partial charge in [-0.25, -0.2) is 0 Å². The lowest BCUT2D eigenvalue weighted by Crippen LogP contribution is -2.02. The van der Waals surface area contributed by atoms with E-state index in [1.807, 2.05) is 7.05 Å². The molecule has 1 heterocycles. The highest BCUT2D eigenvalue weighted by Crippen LogP contribution is 2.32. The number of hydrogen-bond donors (Lipinski definition) is 0. The second-order valence-electron chi connectivity index (χ2n) is 4.83. The van der Waals surface area contributed by atoms with Crippen LogP contribution in [0.15, 0.2) is 12.3 Å². The Labute approximate surface area is 107 Å². The van der Waals surface area contributed by atoms with Crippen LogP contribution in [0.1, 0.15) is 32.6 Å². The summed E-state index contributed by atoms with van der Waals surface area (Å²) in [4.78, 5) is 11.2. The van der Waals surface area contributed by atoms with Gasteiger partial charge in [-0.3, -0.25) is 9.48 Å². The number of benzene rings is 1. The molecule has 3 nitrogen and oxygen atoms in total. The minimum absolute atomic E-state index is 0.647. The summed E-state index contributed by atoms with van der Waals surface area (Å²) >= 11 is 0. The number of rotatable bonds is 2. The Hall–Kier alpha value is -1.90. The van der Waals surface area contributed by atoms with Gasteiger partial charge in [-0.1, -0.05) is 6.07 Å². The number of hydrogen-bond acceptors (Lipinski definition) is 2. The van der Waals surface area contributed by atoms with Gasteiger partial charge in [-0.15, -0.1) is 0 Å². The molecular weight excluding hydrogens is 224 g/mol. The summed E-state index contributed by atoms with van der Waals surface area (Å²) in [5, 5.41) is 4.19. The molecule has 18 heavy (non-hydrogen) atoms. The van der Waals surface area contributed by atoms with E-state index in [1.54, 1.807) is 10.9 Å². The van der Waals surface area contributed by atoms with Gasteiger partial charge in [0.05, 0.1) is 17.5 Å². The molecule has 0 aliphatic rings. The first-order valence-corrected chi connectivity index (χ1v) is 6.02. The summed E-state index contributed by atoms with van der Waals surface area (Å²) in [6, 6.07) is 2.19. The van der Waals surface area contributed by atoms with Gasteiger partial charge in [-0.05, 0) is 49.9 Å². The van der Waals surface area contributed by atoms with Crippen LogP contribution in [0.25, 0.3) is 11.3 Å². The molecule has 0 radical (unpaired) electrons. The Bertz CT molecular complexity index is 598. The maximum absolute atomic E-state index is 11.2. The van der Waals surface area contributed by atoms with Crippen LogP contribution >= 0.6 is 0 Å². The predicted molar refractivity (Wildman–Crippen MR) is 73.0 cm³/mol. The van der Waals surface area contributed by atoms with Crippen LogP contribution in [-0.4, -0.2) is 16.1 Å². The highest BCUT2D eigenvalue weighted by Gasteiger charge is 2.17. The van der Waals surface area contributed by atoms with Crippen molar-refractivity contribution in [3.05, 3.63) is 40.1 Å². The molecular formula is C15H18N2O. The normalized spacial score (nSPS) is 10.7. The van der Waals surface area contributed by atoms with Crippen LogP contribution < -0.4 is 0 Å². The van der Waals surface area contributed by atoms with Gasteiger partial charge in [0.2, 0.25) is 0 Å². The van der Waals surface area contributed by atoms with Gasteiger partial charge < -0.3 is 0 Å². The highest BCUT2D eigenvalue weighted by molar-refractivity contribution is 5.88. The lowest BCUT2D eigenvalue weighted by molar-refractivity contribution is 0.112. The largest absolute Gasteiger partial charge is 0.298 e. The van der Waals surface area contributed by atoms with E-state index in [-0.39, 0.29) is 0 Å². The molecule has 3 heteroatoms. The van der Waals surface area contributed by atoms with E-state index in [1.165, 1.54) is 22.3 Å². The fraction of sp³-hybridized carbons (Fsp3) is 0.333. The third-order valence-electron chi connectivity index (χ3n) is 3.70. The third-order valence-corrected chi connectivity index (χ3v) is 3.70. The monoisotopic (exact) mass is 242 g/mol. The van der Waals surface area contributed by atoms with Crippen LogP contribution in [0.3, 0.4) is 0 Å². The first-order chi connectivity index (χ1) is 8.47. The summed E-state index contributed by atoms with van der Waals surface area (Å²) in [6.45, 7) is 8.39. The predicted octanol–water partition coefficient (Wildman–Crippen LogP) is 3.13. The summed E-state index contributed by atoms with van der Waals surface area (Å²) < 4.78 is 1.78. The molecule has 0 N–H and O–H groups in total. The number of carbonyl (C=O) groups excluding carboxylic acids is 1. The van der Waals surface area contributed by atoms with Crippen molar-refractivity contribution in [1.29, 1.82) is 0 Å². The molecule has 0 saturated heterocycles. The standard InChI is InChI=1S/C15H18N2O/c1-9-6-10(2)12(4)14(11(9)3)15-13(8-18)7-16-17(15)5/h6-8H,1-5H3. The van der Waals surface area contributed by atoms with Crippen molar-refractivity contribution in [1.82, 2.24) is 9.78 Å². The lowest BCUT2D eigenvalue weighted by Gasteiger charge is -2.16. The number of aryl methyl sites for hydroxylation is 3. The van der Waals surface area contributed by atoms with Crippen LogP contribution in [0.2, 0.25) is 0 Å². The molecule has 0 amide bonds. The van der Waals surface area contributed by atoms with Crippen molar-refractivity contribution in [3.63, 3.8) is 0 Å². The molecule has 0 fully saturated rings. The summed E-state index contributed by atoms with van der Waals surface area (Å²) in [5.41, 5.74) is 7.60. The quantitative estimate of drug-likeness (QED) is 0.758. The van der Waals surface area contributed by atoms with E-state index in [2.05, 4.69) is 38.9 Å². The number of nitrogens with zero attached hydrogens (tertiary/aromatic N) is 2. The molecule has 0 atom stereocenters. The van der Waals surface area contributed by atoms with Crippen molar-refractivity contribution < 1.29 is 4.79 Å². The number of aldehydes is 1. The van der Waals surface area contributed by atoms with Gasteiger partial charge >= 0.3 is 0 Å². The number of carbonyl (C=O) groups is 1. The molecule has 0 bridgehead atoms. The van der Waals surface area contributed by atoms with Crippen LogP contribution in [0.4, 0.5) is 0 Å². The minimum atomic E-state index is 0.647. The Balaban J connectivity index is 2.86. The SMILES string of the molecule is Cc1cc(C)c(C)c(-c2c(C=O)cnn2C)c1C. The van der Waals surface area contributed by atoms with Crippen molar-refractivity contribution >= 4 is 6.29 Å². The molecule has 0 unspecified atom stereocenters. The van der Waals surface area contributed by atoms with Gasteiger partial charge in [0.1, 0.15) is 0 Å². The lowest BCUT2D eigenvalue weighted by atomic mass is 9.91. The molecule has 1 aromatic heterocycles. The summed E-state index contributed by atoms with van der Waals surface area (Å²) in [6.07, 6.45) is 2.50.